The van der Waals surface area contributed by atoms with Gasteiger partial charge >= 0.3 is 5.97 Å². The normalized spacial score (nSPS) is 18.1. The number of anilines is 1. The average Bonchev–Trinajstić information content (AvgIpc) is 2.82. The quantitative estimate of drug-likeness (QED) is 0.795. The van der Waals surface area contributed by atoms with Gasteiger partial charge in [-0.05, 0) is 35.9 Å². The lowest BCUT2D eigenvalue weighted by Gasteiger charge is -2.25. The molecule has 6 nitrogen and oxygen atoms in total. The molecule has 0 saturated carbocycles. The number of hydrogen-bond donors (Lipinski definition) is 0. The largest absolute Gasteiger partial charge is 0.497 e. The number of rotatable bonds is 4. The van der Waals surface area contributed by atoms with Gasteiger partial charge in [-0.25, -0.2) is 8.42 Å². The van der Waals surface area contributed by atoms with Crippen molar-refractivity contribution in [3.63, 3.8) is 0 Å². The van der Waals surface area contributed by atoms with Crippen molar-refractivity contribution in [2.45, 2.75) is 17.4 Å². The Morgan fingerprint density at radius 1 is 1.08 bits per heavy atom. The van der Waals surface area contributed by atoms with E-state index in [0.29, 0.717) is 17.0 Å². The summed E-state index contributed by atoms with van der Waals surface area (Å²) in [6, 6.07) is 12.8. The molecule has 2 aromatic rings. The lowest BCUT2D eigenvalue weighted by Crippen LogP contribution is -2.29. The molecule has 0 bridgehead atoms. The predicted molar refractivity (Wildman–Crippen MR) is 88.5 cm³/mol. The third-order valence-corrected chi connectivity index (χ3v) is 5.92. The number of sulfonamides is 1. The third kappa shape index (κ3) is 2.60. The first-order valence-electron chi connectivity index (χ1n) is 7.33. The number of methoxy groups -OCH3 is 2. The number of benzene rings is 2. The Morgan fingerprint density at radius 2 is 1.75 bits per heavy atom. The molecule has 0 spiro atoms. The van der Waals surface area contributed by atoms with Crippen molar-refractivity contribution >= 4 is 21.7 Å². The summed E-state index contributed by atoms with van der Waals surface area (Å²) in [7, 11) is -0.911. The van der Waals surface area contributed by atoms with Gasteiger partial charge in [0.05, 0.1) is 37.3 Å². The summed E-state index contributed by atoms with van der Waals surface area (Å²) in [6.45, 7) is 0. The molecule has 1 aliphatic rings. The summed E-state index contributed by atoms with van der Waals surface area (Å²) in [4.78, 5) is 12.0. The number of ether oxygens (including phenoxy) is 2. The maximum atomic E-state index is 13.0. The first-order chi connectivity index (χ1) is 11.5. The molecule has 1 atom stereocenters. The molecule has 126 valence electrons. The van der Waals surface area contributed by atoms with Crippen molar-refractivity contribution in [1.82, 2.24) is 0 Å². The molecular weight excluding hydrogens is 330 g/mol. The second kappa shape index (κ2) is 6.16. The molecule has 0 N–H and O–H groups in total. The van der Waals surface area contributed by atoms with Crippen molar-refractivity contribution in [1.29, 1.82) is 0 Å². The van der Waals surface area contributed by atoms with Crippen LogP contribution >= 0.6 is 0 Å². The summed E-state index contributed by atoms with van der Waals surface area (Å²) in [5, 5.41) is 0. The van der Waals surface area contributed by atoms with Crippen LogP contribution in [-0.4, -0.2) is 28.6 Å². The molecular formula is C17H17NO5S. The van der Waals surface area contributed by atoms with Gasteiger partial charge in [0.2, 0.25) is 0 Å². The van der Waals surface area contributed by atoms with E-state index in [0.717, 1.165) is 0 Å². The molecule has 0 aromatic heterocycles. The minimum absolute atomic E-state index is 0.0568. The van der Waals surface area contributed by atoms with Crippen molar-refractivity contribution < 1.29 is 22.7 Å². The van der Waals surface area contributed by atoms with Gasteiger partial charge in [0.15, 0.2) is 0 Å². The van der Waals surface area contributed by atoms with Gasteiger partial charge in [-0.3, -0.25) is 9.10 Å². The number of fused-ring (bicyclic) bond motifs is 1. The molecule has 2 aromatic carbocycles. The minimum Gasteiger partial charge on any atom is -0.497 e. The molecule has 1 heterocycles. The van der Waals surface area contributed by atoms with Gasteiger partial charge in [0.25, 0.3) is 10.0 Å². The van der Waals surface area contributed by atoms with E-state index in [1.54, 1.807) is 48.5 Å². The Morgan fingerprint density at radius 3 is 2.38 bits per heavy atom. The predicted octanol–water partition coefficient (Wildman–Crippen LogP) is 2.51. The fourth-order valence-electron chi connectivity index (χ4n) is 2.87. The van der Waals surface area contributed by atoms with Crippen LogP contribution in [0, 0.1) is 0 Å². The van der Waals surface area contributed by atoms with E-state index in [-0.39, 0.29) is 11.3 Å². The number of nitrogens with zero attached hydrogens (tertiary/aromatic N) is 1. The monoisotopic (exact) mass is 347 g/mol. The summed E-state index contributed by atoms with van der Waals surface area (Å²) >= 11 is 0. The first-order valence-corrected chi connectivity index (χ1v) is 8.77. The highest BCUT2D eigenvalue weighted by molar-refractivity contribution is 7.93. The summed E-state index contributed by atoms with van der Waals surface area (Å²) in [6.07, 6.45) is -0.0568. The number of carbonyl (C=O) groups excluding carboxylic acids is 1. The zero-order valence-corrected chi connectivity index (χ0v) is 14.1. The van der Waals surface area contributed by atoms with Crippen molar-refractivity contribution in [2.75, 3.05) is 18.5 Å². The first kappa shape index (κ1) is 16.3. The molecule has 7 heteroatoms. The maximum absolute atomic E-state index is 13.0. The van der Waals surface area contributed by atoms with Crippen LogP contribution < -0.4 is 9.04 Å². The topological polar surface area (TPSA) is 72.9 Å². The van der Waals surface area contributed by atoms with Crippen LogP contribution in [-0.2, 0) is 19.6 Å². The van der Waals surface area contributed by atoms with E-state index in [4.69, 9.17) is 9.47 Å². The molecule has 0 fully saturated rings. The Bertz CT molecular complexity index is 861. The van der Waals surface area contributed by atoms with E-state index in [9.17, 15) is 13.2 Å². The van der Waals surface area contributed by atoms with E-state index < -0.39 is 22.0 Å². The second-order valence-corrected chi connectivity index (χ2v) is 7.12. The molecule has 24 heavy (non-hydrogen) atoms. The highest BCUT2D eigenvalue weighted by atomic mass is 32.2. The van der Waals surface area contributed by atoms with E-state index in [1.165, 1.54) is 18.5 Å². The Kier molecular flexibility index (Phi) is 4.19. The van der Waals surface area contributed by atoms with Gasteiger partial charge in [-0.2, -0.15) is 0 Å². The van der Waals surface area contributed by atoms with Crippen LogP contribution in [0.1, 0.15) is 18.0 Å². The van der Waals surface area contributed by atoms with Crippen LogP contribution in [0.15, 0.2) is 53.4 Å². The Balaban J connectivity index is 2.12. The molecule has 0 saturated heterocycles. The zero-order chi connectivity index (χ0) is 17.3. The molecule has 0 aliphatic carbocycles. The van der Waals surface area contributed by atoms with Gasteiger partial charge < -0.3 is 9.47 Å². The maximum Gasteiger partial charge on any atom is 0.307 e. The number of esters is 1. The summed E-state index contributed by atoms with van der Waals surface area (Å²) < 4.78 is 37.0. The summed E-state index contributed by atoms with van der Waals surface area (Å²) in [5.74, 6) is 0.155. The van der Waals surface area contributed by atoms with Gasteiger partial charge in [-0.15, -0.1) is 0 Å². The Labute approximate surface area is 140 Å². The van der Waals surface area contributed by atoms with Crippen LogP contribution in [0.25, 0.3) is 0 Å². The standard InChI is InChI=1S/C17H17NO5S/c1-22-13-9-7-12(8-10-13)18-15(11-17(19)23-2)14-5-3-4-6-16(14)24(18,20)21/h3-10,15H,11H2,1-2H3. The average molecular weight is 347 g/mol. The molecule has 0 amide bonds. The van der Waals surface area contributed by atoms with E-state index in [1.807, 2.05) is 0 Å². The van der Waals surface area contributed by atoms with Gasteiger partial charge in [0.1, 0.15) is 5.75 Å². The highest BCUT2D eigenvalue weighted by Gasteiger charge is 2.43. The molecule has 0 radical (unpaired) electrons. The lowest BCUT2D eigenvalue weighted by molar-refractivity contribution is -0.141. The minimum atomic E-state index is -3.74. The smallest absolute Gasteiger partial charge is 0.307 e. The molecule has 1 unspecified atom stereocenters. The fraction of sp³-hybridized carbons (Fsp3) is 0.235. The van der Waals surface area contributed by atoms with Crippen LogP contribution in [0.2, 0.25) is 0 Å². The SMILES string of the molecule is COC(=O)CC1c2ccccc2S(=O)(=O)N1c1ccc(OC)cc1. The van der Waals surface area contributed by atoms with Crippen molar-refractivity contribution in [2.24, 2.45) is 0 Å². The van der Waals surface area contributed by atoms with Gasteiger partial charge in [0, 0.05) is 0 Å². The zero-order valence-electron chi connectivity index (χ0n) is 13.3. The van der Waals surface area contributed by atoms with Crippen LogP contribution in [0.3, 0.4) is 0 Å². The molecule has 1 aliphatic heterocycles. The van der Waals surface area contributed by atoms with Crippen LogP contribution in [0.4, 0.5) is 5.69 Å². The fourth-order valence-corrected chi connectivity index (χ4v) is 4.76. The second-order valence-electron chi connectivity index (χ2n) is 5.33. The van der Waals surface area contributed by atoms with Gasteiger partial charge in [-0.1, -0.05) is 18.2 Å². The van der Waals surface area contributed by atoms with Crippen LogP contribution in [0.5, 0.6) is 5.75 Å². The van der Waals surface area contributed by atoms with Crippen molar-refractivity contribution in [3.8, 4) is 5.75 Å². The Hall–Kier alpha value is -2.54. The lowest BCUT2D eigenvalue weighted by atomic mass is 10.0. The third-order valence-electron chi connectivity index (χ3n) is 4.01. The summed E-state index contributed by atoms with van der Waals surface area (Å²) in [5.41, 5.74) is 1.07. The van der Waals surface area contributed by atoms with E-state index >= 15 is 0 Å². The van der Waals surface area contributed by atoms with Crippen molar-refractivity contribution in [3.05, 3.63) is 54.1 Å². The molecule has 3 rings (SSSR count). The highest BCUT2D eigenvalue weighted by Crippen LogP contribution is 2.44. The number of hydrogen-bond acceptors (Lipinski definition) is 5. The van der Waals surface area contributed by atoms with E-state index in [2.05, 4.69) is 0 Å². The number of carbonyl (C=O) groups is 1.